The van der Waals surface area contributed by atoms with Gasteiger partial charge in [-0.25, -0.2) is 0 Å². The predicted octanol–water partition coefficient (Wildman–Crippen LogP) is 3.30. The molecule has 0 radical (unpaired) electrons. The summed E-state index contributed by atoms with van der Waals surface area (Å²) in [7, 11) is 0. The number of aryl methyl sites for hydroxylation is 2. The Morgan fingerprint density at radius 2 is 1.38 bits per heavy atom. The fourth-order valence-corrected chi connectivity index (χ4v) is 1.32. The fourth-order valence-electron chi connectivity index (χ4n) is 1.32. The van der Waals surface area contributed by atoms with E-state index < -0.39 is 0 Å². The molecule has 0 spiro atoms. The molecule has 0 heterocycles. The summed E-state index contributed by atoms with van der Waals surface area (Å²) < 4.78 is 8.33. The molecule has 0 bridgehead atoms. The molecule has 0 amide bonds. The van der Waals surface area contributed by atoms with Gasteiger partial charge in [-0.05, 0) is 5.41 Å². The quantitative estimate of drug-likeness (QED) is 0.403. The van der Waals surface area contributed by atoms with Crippen molar-refractivity contribution in [2.45, 2.75) is 40.0 Å². The van der Waals surface area contributed by atoms with Crippen LogP contribution in [0.2, 0.25) is 0 Å². The summed E-state index contributed by atoms with van der Waals surface area (Å²) in [5, 5.41) is 12.0. The summed E-state index contributed by atoms with van der Waals surface area (Å²) in [6.45, 7) is 10.9. The molecule has 1 aromatic carbocycles. The first kappa shape index (κ1) is 18.0. The summed E-state index contributed by atoms with van der Waals surface area (Å²) >= 11 is 0.333. The zero-order valence-corrected chi connectivity index (χ0v) is 13.3. The molecule has 92 valence electrons. The fraction of sp³-hybridized carbons (Fsp3) is 0.500. The van der Waals surface area contributed by atoms with Crippen molar-refractivity contribution in [2.24, 2.45) is 0 Å². The first-order valence-electron chi connectivity index (χ1n) is 4.77. The van der Waals surface area contributed by atoms with Gasteiger partial charge in [0.05, 0.1) is 0 Å². The van der Waals surface area contributed by atoms with E-state index in [1.54, 1.807) is 0 Å². The van der Waals surface area contributed by atoms with Gasteiger partial charge in [0, 0.05) is 0 Å². The van der Waals surface area contributed by atoms with Gasteiger partial charge >= 0.3 is 23.2 Å². The van der Waals surface area contributed by atoms with E-state index in [4.69, 9.17) is 13.9 Å². The minimum absolute atomic E-state index is 0.255. The second-order valence-electron chi connectivity index (χ2n) is 4.49. The summed E-state index contributed by atoms with van der Waals surface area (Å²) in [6.07, 6.45) is 0. The average Bonchev–Trinajstić information content (AvgIpc) is 2.21. The zero-order chi connectivity index (χ0) is 13.4. The zero-order valence-electron chi connectivity index (χ0n) is 10.4. The Balaban J connectivity index is 0. The van der Waals surface area contributed by atoms with Gasteiger partial charge in [-0.2, -0.15) is 34.9 Å². The first-order chi connectivity index (χ1) is 7.39. The van der Waals surface area contributed by atoms with Crippen molar-refractivity contribution in [3.8, 4) is 0 Å². The normalized spacial score (nSPS) is 9.44. The summed E-state index contributed by atoms with van der Waals surface area (Å²) in [5.74, 6) is 0. The van der Waals surface area contributed by atoms with E-state index in [9.17, 15) is 0 Å². The molecule has 0 saturated heterocycles. The molecule has 1 aromatic rings. The van der Waals surface area contributed by atoms with E-state index in [0.29, 0.717) is 19.8 Å². The molecule has 1 rings (SSSR count). The van der Waals surface area contributed by atoms with E-state index in [2.05, 4.69) is 52.8 Å². The van der Waals surface area contributed by atoms with E-state index in [1.807, 2.05) is 0 Å². The Bertz CT molecular complexity index is 285. The molecule has 4 heteroatoms. The van der Waals surface area contributed by atoms with Crippen molar-refractivity contribution in [1.82, 2.24) is 0 Å². The van der Waals surface area contributed by atoms with Gasteiger partial charge in [-0.1, -0.05) is 34.6 Å². The van der Waals surface area contributed by atoms with Crippen molar-refractivity contribution in [2.75, 3.05) is 0 Å². The predicted molar refractivity (Wildman–Crippen MR) is 59.4 cm³/mol. The van der Waals surface area contributed by atoms with E-state index in [1.165, 1.54) is 16.7 Å². The second kappa shape index (κ2) is 8.74. The molecule has 0 atom stereocenters. The minimum atomic E-state index is 0.255. The summed E-state index contributed by atoms with van der Waals surface area (Å²) in [6, 6.07) is 7.71. The third kappa shape index (κ3) is 6.99. The van der Waals surface area contributed by atoms with Crippen LogP contribution in [0.5, 0.6) is 0 Å². The Labute approximate surface area is 109 Å². The molecule has 16 heavy (non-hydrogen) atoms. The van der Waals surface area contributed by atoms with Crippen molar-refractivity contribution in [3.63, 3.8) is 0 Å². The van der Waals surface area contributed by atoms with E-state index in [0.717, 1.165) is 0 Å². The van der Waals surface area contributed by atoms with Crippen LogP contribution in [-0.2, 0) is 28.6 Å². The van der Waals surface area contributed by atoms with Crippen LogP contribution in [0.4, 0.5) is 0 Å². The van der Waals surface area contributed by atoms with Crippen LogP contribution in [0, 0.1) is 19.9 Å². The monoisotopic (exact) mass is 395 g/mol. The Morgan fingerprint density at radius 3 is 1.62 bits per heavy atom. The van der Waals surface area contributed by atoms with Crippen LogP contribution in [-0.4, -0.2) is 10.5 Å². The summed E-state index contributed by atoms with van der Waals surface area (Å²) in [4.78, 5) is 0. The van der Waals surface area contributed by atoms with Crippen molar-refractivity contribution in [3.05, 3.63) is 34.9 Å². The van der Waals surface area contributed by atoms with Crippen LogP contribution >= 0.6 is 0 Å². The molecule has 0 aliphatic heterocycles. The maximum absolute atomic E-state index is 8.33. The third-order valence-electron chi connectivity index (χ3n) is 2.00. The molecular weight excluding hydrogens is 376 g/mol. The molecule has 3 nitrogen and oxygen atoms in total. The molecular formula is C12H19O3W-. The van der Waals surface area contributed by atoms with Gasteiger partial charge in [0.2, 0.25) is 0 Å². The average molecular weight is 395 g/mol. The first-order valence-corrected chi connectivity index (χ1v) is 5.97. The van der Waals surface area contributed by atoms with Crippen molar-refractivity contribution in [1.29, 1.82) is 0 Å². The molecule has 0 fully saturated rings. The van der Waals surface area contributed by atoms with Crippen LogP contribution in [0.15, 0.2) is 12.1 Å². The van der Waals surface area contributed by atoms with Crippen LogP contribution in [0.1, 0.15) is 37.5 Å². The Kier molecular flexibility index (Phi) is 9.84. The van der Waals surface area contributed by atoms with Crippen LogP contribution in [0.3, 0.4) is 0 Å². The van der Waals surface area contributed by atoms with E-state index in [-0.39, 0.29) is 5.41 Å². The van der Waals surface area contributed by atoms with Crippen molar-refractivity contribution >= 4 is 0 Å². The maximum atomic E-state index is 8.33. The number of benzene rings is 1. The summed E-state index contributed by atoms with van der Waals surface area (Å²) in [5.41, 5.74) is 4.13. The topological polar surface area (TPSA) is 57.5 Å². The SMILES string of the molecule is Cc1[c-]c(C)cc(C(C)(C)C)c1.OO.[O]=[W]. The van der Waals surface area contributed by atoms with Gasteiger partial charge in [0.1, 0.15) is 0 Å². The van der Waals surface area contributed by atoms with Gasteiger partial charge in [-0.3, -0.25) is 10.5 Å². The van der Waals surface area contributed by atoms with E-state index >= 15 is 0 Å². The second-order valence-corrected chi connectivity index (χ2v) is 4.49. The van der Waals surface area contributed by atoms with Crippen LogP contribution in [0.25, 0.3) is 0 Å². The standard InChI is InChI=1S/C12H17.H2O2.O.W/c1-9-6-10(2)8-11(7-9)12(3,4)5;1-2;;/h7-8H,1-5H3;1-2H;;/q-1;;;. The van der Waals surface area contributed by atoms with Gasteiger partial charge in [0.25, 0.3) is 0 Å². The Hall–Kier alpha value is -0.372. The third-order valence-corrected chi connectivity index (χ3v) is 2.00. The van der Waals surface area contributed by atoms with Crippen molar-refractivity contribution < 1.29 is 33.7 Å². The molecule has 0 aliphatic rings. The molecule has 0 unspecified atom stereocenters. The van der Waals surface area contributed by atoms with Crippen LogP contribution < -0.4 is 0 Å². The molecule has 0 saturated carbocycles. The van der Waals surface area contributed by atoms with Gasteiger partial charge in [-0.15, -0.1) is 0 Å². The number of hydrogen-bond donors (Lipinski definition) is 2. The number of rotatable bonds is 0. The number of hydrogen-bond acceptors (Lipinski definition) is 3. The van der Waals surface area contributed by atoms with Gasteiger partial charge in [0.15, 0.2) is 0 Å². The molecule has 0 aromatic heterocycles. The molecule has 0 aliphatic carbocycles. The molecule has 2 N–H and O–H groups in total. The van der Waals surface area contributed by atoms with Gasteiger partial charge < -0.3 is 0 Å². The Morgan fingerprint density at radius 1 is 1.06 bits per heavy atom.